The molecule has 0 amide bonds. The van der Waals surface area contributed by atoms with Gasteiger partial charge in [0.25, 0.3) is 0 Å². The molecule has 0 saturated heterocycles. The number of hydrogen-bond donors (Lipinski definition) is 0. The second-order valence-corrected chi connectivity index (χ2v) is 13.9. The number of thiophene rings is 1. The Labute approximate surface area is 260 Å². The minimum Gasteiger partial charge on any atom is -0.135 e. The normalized spacial score (nSPS) is 13.9. The average Bonchev–Trinajstić information content (AvgIpc) is 3.56. The molecule has 1 heterocycles. The van der Waals surface area contributed by atoms with Gasteiger partial charge in [-0.2, -0.15) is 0 Å². The van der Waals surface area contributed by atoms with E-state index in [1.807, 2.05) is 11.3 Å². The van der Waals surface area contributed by atoms with Crippen LogP contribution in [0.1, 0.15) is 25.0 Å². The standard InChI is InChI=1S/C43H28S/c1-43(2)34-20-8-7-17-31(34)41-32(19-10-21-35(41)43)39-26-13-3-5-15-28(26)40(29-16-6-4-14-27(29)39)33-24-25-12-9-22-36-38(25)42-30(33)18-11-23-37(42)44-36/h3-24H,1-2H3. The Kier molecular flexibility index (Phi) is 4.76. The Bertz CT molecular complexity index is 2570. The molecule has 1 aliphatic carbocycles. The summed E-state index contributed by atoms with van der Waals surface area (Å²) in [6, 6.07) is 50.2. The van der Waals surface area contributed by atoms with Crippen LogP contribution in [-0.2, 0) is 5.41 Å². The fraction of sp³-hybridized carbons (Fsp3) is 0.0698. The molecular weight excluding hydrogens is 549 g/mol. The molecule has 206 valence electrons. The van der Waals surface area contributed by atoms with Crippen molar-refractivity contribution in [3.8, 4) is 33.4 Å². The molecule has 0 saturated carbocycles. The first kappa shape index (κ1) is 24.5. The predicted octanol–water partition coefficient (Wildman–Crippen LogP) is 12.6. The minimum atomic E-state index is -0.0433. The molecule has 0 atom stereocenters. The topological polar surface area (TPSA) is 0 Å². The number of fused-ring (bicyclic) bond motifs is 5. The van der Waals surface area contributed by atoms with Crippen molar-refractivity contribution < 1.29 is 0 Å². The van der Waals surface area contributed by atoms with Crippen LogP contribution in [0.25, 0.3) is 85.9 Å². The third-order valence-corrected chi connectivity index (χ3v) is 11.3. The molecule has 0 spiro atoms. The largest absolute Gasteiger partial charge is 0.135 e. The van der Waals surface area contributed by atoms with Crippen molar-refractivity contribution in [2.75, 3.05) is 0 Å². The molecular formula is C43H28S. The van der Waals surface area contributed by atoms with Gasteiger partial charge in [0, 0.05) is 25.6 Å². The summed E-state index contributed by atoms with van der Waals surface area (Å²) in [6.07, 6.45) is 0. The predicted molar refractivity (Wildman–Crippen MR) is 191 cm³/mol. The van der Waals surface area contributed by atoms with Crippen molar-refractivity contribution in [3.63, 3.8) is 0 Å². The van der Waals surface area contributed by atoms with Gasteiger partial charge in [-0.15, -0.1) is 11.3 Å². The van der Waals surface area contributed by atoms with E-state index in [9.17, 15) is 0 Å². The quantitative estimate of drug-likeness (QED) is 0.142. The van der Waals surface area contributed by atoms with E-state index in [-0.39, 0.29) is 5.41 Å². The summed E-state index contributed by atoms with van der Waals surface area (Å²) >= 11 is 1.91. The lowest BCUT2D eigenvalue weighted by Crippen LogP contribution is -2.14. The summed E-state index contributed by atoms with van der Waals surface area (Å²) in [5, 5.41) is 10.7. The van der Waals surface area contributed by atoms with Gasteiger partial charge in [-0.3, -0.25) is 0 Å². The van der Waals surface area contributed by atoms with Gasteiger partial charge in [0.1, 0.15) is 0 Å². The van der Waals surface area contributed by atoms with Gasteiger partial charge in [-0.05, 0) is 95.0 Å². The first-order valence-electron chi connectivity index (χ1n) is 15.4. The zero-order valence-corrected chi connectivity index (χ0v) is 25.4. The lowest BCUT2D eigenvalue weighted by atomic mass is 9.80. The fourth-order valence-corrected chi connectivity index (χ4v) is 9.52. The van der Waals surface area contributed by atoms with E-state index in [4.69, 9.17) is 0 Å². The molecule has 0 nitrogen and oxygen atoms in total. The molecule has 0 N–H and O–H groups in total. The molecule has 0 bridgehead atoms. The SMILES string of the molecule is CC1(C)c2ccccc2-c2c(-c3c4ccccc4c(-c4cc5cccc6sc7cccc4c7c56)c4ccccc34)cccc21. The summed E-state index contributed by atoms with van der Waals surface area (Å²) in [5.74, 6) is 0. The van der Waals surface area contributed by atoms with E-state index in [0.29, 0.717) is 0 Å². The number of hydrogen-bond acceptors (Lipinski definition) is 1. The third kappa shape index (κ3) is 3.02. The van der Waals surface area contributed by atoms with Gasteiger partial charge < -0.3 is 0 Å². The Morgan fingerprint density at radius 3 is 1.66 bits per heavy atom. The highest BCUT2D eigenvalue weighted by molar-refractivity contribution is 7.26. The van der Waals surface area contributed by atoms with Crippen molar-refractivity contribution in [2.24, 2.45) is 0 Å². The highest BCUT2D eigenvalue weighted by Gasteiger charge is 2.37. The van der Waals surface area contributed by atoms with Gasteiger partial charge in [-0.1, -0.05) is 129 Å². The maximum absolute atomic E-state index is 2.45. The molecule has 44 heavy (non-hydrogen) atoms. The van der Waals surface area contributed by atoms with E-state index in [1.165, 1.54) is 97.0 Å². The highest BCUT2D eigenvalue weighted by atomic mass is 32.1. The molecule has 10 rings (SSSR count). The van der Waals surface area contributed by atoms with Crippen LogP contribution in [-0.4, -0.2) is 0 Å². The lowest BCUT2D eigenvalue weighted by molar-refractivity contribution is 0.660. The van der Waals surface area contributed by atoms with Crippen LogP contribution in [0.15, 0.2) is 133 Å². The van der Waals surface area contributed by atoms with Crippen molar-refractivity contribution in [1.82, 2.24) is 0 Å². The molecule has 1 heteroatoms. The van der Waals surface area contributed by atoms with Crippen LogP contribution in [0.2, 0.25) is 0 Å². The zero-order valence-electron chi connectivity index (χ0n) is 24.6. The molecule has 0 radical (unpaired) electrons. The van der Waals surface area contributed by atoms with Crippen LogP contribution in [0.5, 0.6) is 0 Å². The maximum Gasteiger partial charge on any atom is 0.0361 e. The maximum atomic E-state index is 2.45. The van der Waals surface area contributed by atoms with Gasteiger partial charge in [0.05, 0.1) is 0 Å². The van der Waals surface area contributed by atoms with Crippen molar-refractivity contribution in [3.05, 3.63) is 145 Å². The Morgan fingerprint density at radius 2 is 0.932 bits per heavy atom. The van der Waals surface area contributed by atoms with Gasteiger partial charge in [0.2, 0.25) is 0 Å². The van der Waals surface area contributed by atoms with Gasteiger partial charge >= 0.3 is 0 Å². The number of rotatable bonds is 2. The molecule has 0 unspecified atom stereocenters. The van der Waals surface area contributed by atoms with Crippen molar-refractivity contribution in [2.45, 2.75) is 19.3 Å². The summed E-state index contributed by atoms with van der Waals surface area (Å²) < 4.78 is 2.73. The van der Waals surface area contributed by atoms with Crippen LogP contribution in [0.3, 0.4) is 0 Å². The molecule has 0 fully saturated rings. The van der Waals surface area contributed by atoms with E-state index in [2.05, 4.69) is 147 Å². The molecule has 1 aliphatic rings. The molecule has 0 aliphatic heterocycles. The fourth-order valence-electron chi connectivity index (χ4n) is 8.35. The highest BCUT2D eigenvalue weighted by Crippen LogP contribution is 2.55. The Hall–Kier alpha value is -4.98. The van der Waals surface area contributed by atoms with E-state index >= 15 is 0 Å². The van der Waals surface area contributed by atoms with Crippen LogP contribution < -0.4 is 0 Å². The Morgan fingerprint density at radius 1 is 0.409 bits per heavy atom. The van der Waals surface area contributed by atoms with Crippen molar-refractivity contribution in [1.29, 1.82) is 0 Å². The molecule has 9 aromatic rings. The summed E-state index contributed by atoms with van der Waals surface area (Å²) in [5.41, 5.74) is 10.8. The second-order valence-electron chi connectivity index (χ2n) is 12.8. The van der Waals surface area contributed by atoms with E-state index < -0.39 is 0 Å². The van der Waals surface area contributed by atoms with E-state index in [0.717, 1.165) is 0 Å². The first-order valence-corrected chi connectivity index (χ1v) is 16.3. The molecule has 1 aromatic heterocycles. The third-order valence-electron chi connectivity index (χ3n) is 10.2. The smallest absolute Gasteiger partial charge is 0.0361 e. The number of benzene rings is 8. The van der Waals surface area contributed by atoms with Crippen LogP contribution >= 0.6 is 11.3 Å². The van der Waals surface area contributed by atoms with E-state index in [1.54, 1.807) is 0 Å². The van der Waals surface area contributed by atoms with Gasteiger partial charge in [0.15, 0.2) is 0 Å². The minimum absolute atomic E-state index is 0.0433. The average molecular weight is 577 g/mol. The summed E-state index contributed by atoms with van der Waals surface area (Å²) in [7, 11) is 0. The van der Waals surface area contributed by atoms with Crippen molar-refractivity contribution >= 4 is 63.8 Å². The second kappa shape index (κ2) is 8.56. The summed E-state index contributed by atoms with van der Waals surface area (Å²) in [6.45, 7) is 4.74. The summed E-state index contributed by atoms with van der Waals surface area (Å²) in [4.78, 5) is 0. The molecule has 8 aromatic carbocycles. The lowest BCUT2D eigenvalue weighted by Gasteiger charge is -2.23. The van der Waals surface area contributed by atoms with Crippen LogP contribution in [0.4, 0.5) is 0 Å². The van der Waals surface area contributed by atoms with Crippen LogP contribution in [0, 0.1) is 0 Å². The monoisotopic (exact) mass is 576 g/mol. The Balaban J connectivity index is 1.38. The first-order chi connectivity index (χ1) is 21.6. The zero-order chi connectivity index (χ0) is 29.2. The van der Waals surface area contributed by atoms with Gasteiger partial charge in [-0.25, -0.2) is 0 Å².